The highest BCUT2D eigenvalue weighted by atomic mass is 32.1. The molecule has 1 aromatic heterocycles. The van der Waals surface area contributed by atoms with Gasteiger partial charge in [-0.2, -0.15) is 0 Å². The maximum Gasteiger partial charge on any atom is 0.247 e. The standard InChI is InChI=1S/C19H20N2O2S/c22-18-12-16(20-9-7-17-15(13-20)8-11-24-17)19(23)21(18)10-6-14-4-2-1-3-5-14/h1-5,8,11,16H,6-7,9-10,12-13H2. The minimum atomic E-state index is -0.277. The van der Waals surface area contributed by atoms with Crippen molar-refractivity contribution >= 4 is 23.2 Å². The summed E-state index contributed by atoms with van der Waals surface area (Å²) in [6.45, 7) is 2.13. The number of benzene rings is 1. The topological polar surface area (TPSA) is 40.6 Å². The van der Waals surface area contributed by atoms with E-state index in [1.165, 1.54) is 15.3 Å². The molecule has 0 N–H and O–H groups in total. The summed E-state index contributed by atoms with van der Waals surface area (Å²) in [4.78, 5) is 30.1. The second-order valence-corrected chi connectivity index (χ2v) is 7.43. The Morgan fingerprint density at radius 3 is 2.79 bits per heavy atom. The van der Waals surface area contributed by atoms with E-state index in [0.717, 1.165) is 31.5 Å². The van der Waals surface area contributed by atoms with Crippen LogP contribution < -0.4 is 0 Å². The number of fused-ring (bicyclic) bond motifs is 1. The molecule has 0 radical (unpaired) electrons. The highest BCUT2D eigenvalue weighted by Crippen LogP contribution is 2.28. The maximum absolute atomic E-state index is 12.8. The molecule has 0 aliphatic carbocycles. The summed E-state index contributed by atoms with van der Waals surface area (Å²) in [6, 6.07) is 11.9. The molecule has 1 atom stereocenters. The summed E-state index contributed by atoms with van der Waals surface area (Å²) in [5.74, 6) is -0.0494. The van der Waals surface area contributed by atoms with Crippen LogP contribution in [0.5, 0.6) is 0 Å². The summed E-state index contributed by atoms with van der Waals surface area (Å²) >= 11 is 1.79. The first-order chi connectivity index (χ1) is 11.7. The van der Waals surface area contributed by atoms with Gasteiger partial charge in [0.2, 0.25) is 11.8 Å². The second-order valence-electron chi connectivity index (χ2n) is 6.43. The van der Waals surface area contributed by atoms with Gasteiger partial charge in [0.05, 0.1) is 12.5 Å². The molecule has 0 saturated carbocycles. The van der Waals surface area contributed by atoms with Gasteiger partial charge in [0.25, 0.3) is 0 Å². The Labute approximate surface area is 145 Å². The molecule has 1 saturated heterocycles. The Balaban J connectivity index is 1.42. The van der Waals surface area contributed by atoms with Gasteiger partial charge in [0, 0.05) is 24.5 Å². The molecular weight excluding hydrogens is 320 g/mol. The molecule has 2 amide bonds. The van der Waals surface area contributed by atoms with Gasteiger partial charge in [-0.05, 0) is 35.4 Å². The number of thiophene rings is 1. The number of carbonyl (C=O) groups excluding carboxylic acids is 2. The van der Waals surface area contributed by atoms with Crippen molar-refractivity contribution in [1.29, 1.82) is 0 Å². The Morgan fingerprint density at radius 1 is 1.12 bits per heavy atom. The maximum atomic E-state index is 12.8. The average Bonchev–Trinajstić information content (AvgIpc) is 3.18. The van der Waals surface area contributed by atoms with Crippen LogP contribution >= 0.6 is 11.3 Å². The molecule has 0 bridgehead atoms. The summed E-state index contributed by atoms with van der Waals surface area (Å²) in [7, 11) is 0. The first kappa shape index (κ1) is 15.5. The van der Waals surface area contributed by atoms with E-state index in [1.807, 2.05) is 30.3 Å². The average molecular weight is 340 g/mol. The molecule has 2 aromatic rings. The van der Waals surface area contributed by atoms with Crippen molar-refractivity contribution in [2.75, 3.05) is 13.1 Å². The SMILES string of the molecule is O=C1CC(N2CCc3sccc3C2)C(=O)N1CCc1ccccc1. The molecule has 1 fully saturated rings. The summed E-state index contributed by atoms with van der Waals surface area (Å²) in [5, 5.41) is 2.11. The highest BCUT2D eigenvalue weighted by Gasteiger charge is 2.42. The third-order valence-corrected chi connectivity index (χ3v) is 5.99. The lowest BCUT2D eigenvalue weighted by Crippen LogP contribution is -2.44. The molecule has 24 heavy (non-hydrogen) atoms. The molecule has 5 heteroatoms. The van der Waals surface area contributed by atoms with Crippen LogP contribution in [0.4, 0.5) is 0 Å². The van der Waals surface area contributed by atoms with E-state index in [-0.39, 0.29) is 17.9 Å². The van der Waals surface area contributed by atoms with E-state index in [2.05, 4.69) is 16.3 Å². The van der Waals surface area contributed by atoms with Crippen LogP contribution in [0.1, 0.15) is 22.4 Å². The first-order valence-corrected chi connectivity index (χ1v) is 9.28. The number of hydrogen-bond donors (Lipinski definition) is 0. The van der Waals surface area contributed by atoms with E-state index in [1.54, 1.807) is 11.3 Å². The Kier molecular flexibility index (Phi) is 4.21. The predicted octanol–water partition coefficient (Wildman–Crippen LogP) is 2.48. The molecule has 3 heterocycles. The molecule has 2 aliphatic heterocycles. The van der Waals surface area contributed by atoms with Crippen LogP contribution in [0.2, 0.25) is 0 Å². The molecule has 0 spiro atoms. The zero-order valence-electron chi connectivity index (χ0n) is 13.5. The van der Waals surface area contributed by atoms with Crippen LogP contribution in [0, 0.1) is 0 Å². The minimum absolute atomic E-state index is 0.0189. The summed E-state index contributed by atoms with van der Waals surface area (Å²) in [6.07, 6.45) is 2.03. The number of nitrogens with zero attached hydrogens (tertiary/aromatic N) is 2. The molecule has 124 valence electrons. The van der Waals surface area contributed by atoms with Crippen molar-refractivity contribution in [3.63, 3.8) is 0 Å². The van der Waals surface area contributed by atoms with Gasteiger partial charge in [-0.3, -0.25) is 19.4 Å². The normalized spacial score (nSPS) is 21.3. The van der Waals surface area contributed by atoms with Crippen molar-refractivity contribution in [3.05, 3.63) is 57.8 Å². The van der Waals surface area contributed by atoms with Crippen molar-refractivity contribution in [2.45, 2.75) is 31.8 Å². The van der Waals surface area contributed by atoms with Crippen molar-refractivity contribution in [3.8, 4) is 0 Å². The molecular formula is C19H20N2O2S. The van der Waals surface area contributed by atoms with Crippen LogP contribution in [-0.2, 0) is 29.0 Å². The molecule has 2 aliphatic rings. The highest BCUT2D eigenvalue weighted by molar-refractivity contribution is 7.10. The number of imide groups is 1. The number of hydrogen-bond acceptors (Lipinski definition) is 4. The van der Waals surface area contributed by atoms with E-state index in [9.17, 15) is 9.59 Å². The van der Waals surface area contributed by atoms with Gasteiger partial charge in [-0.15, -0.1) is 11.3 Å². The number of rotatable bonds is 4. The smallest absolute Gasteiger partial charge is 0.247 e. The predicted molar refractivity (Wildman–Crippen MR) is 93.7 cm³/mol. The molecule has 4 nitrogen and oxygen atoms in total. The van der Waals surface area contributed by atoms with Gasteiger partial charge in [0.15, 0.2) is 0 Å². The van der Waals surface area contributed by atoms with Crippen molar-refractivity contribution in [2.24, 2.45) is 0 Å². The summed E-state index contributed by atoms with van der Waals surface area (Å²) < 4.78 is 0. The lowest BCUT2D eigenvalue weighted by Gasteiger charge is -2.30. The van der Waals surface area contributed by atoms with Crippen molar-refractivity contribution in [1.82, 2.24) is 9.80 Å². The summed E-state index contributed by atoms with van der Waals surface area (Å²) in [5.41, 5.74) is 2.47. The lowest BCUT2D eigenvalue weighted by atomic mass is 10.1. The molecule has 1 aromatic carbocycles. The van der Waals surface area contributed by atoms with Gasteiger partial charge >= 0.3 is 0 Å². The van der Waals surface area contributed by atoms with Crippen molar-refractivity contribution < 1.29 is 9.59 Å². The minimum Gasteiger partial charge on any atom is -0.287 e. The fourth-order valence-corrected chi connectivity index (χ4v) is 4.50. The molecule has 1 unspecified atom stereocenters. The van der Waals surface area contributed by atoms with E-state index in [4.69, 9.17) is 0 Å². The fourth-order valence-electron chi connectivity index (χ4n) is 3.61. The monoisotopic (exact) mass is 340 g/mol. The first-order valence-electron chi connectivity index (χ1n) is 8.40. The zero-order chi connectivity index (χ0) is 16.5. The number of likely N-dealkylation sites (tertiary alicyclic amines) is 1. The number of amides is 2. The third kappa shape index (κ3) is 2.89. The zero-order valence-corrected chi connectivity index (χ0v) is 14.3. The van der Waals surface area contributed by atoms with Crippen LogP contribution in [0.3, 0.4) is 0 Å². The Hall–Kier alpha value is -1.98. The van der Waals surface area contributed by atoms with Gasteiger partial charge in [0.1, 0.15) is 0 Å². The molecule has 4 rings (SSSR count). The fraction of sp³-hybridized carbons (Fsp3) is 0.368. The second kappa shape index (κ2) is 6.49. The quantitative estimate of drug-likeness (QED) is 0.803. The van der Waals surface area contributed by atoms with Gasteiger partial charge < -0.3 is 0 Å². The van der Waals surface area contributed by atoms with Gasteiger partial charge in [-0.1, -0.05) is 30.3 Å². The van der Waals surface area contributed by atoms with Gasteiger partial charge in [-0.25, -0.2) is 0 Å². The third-order valence-electron chi connectivity index (χ3n) is 4.96. The largest absolute Gasteiger partial charge is 0.287 e. The van der Waals surface area contributed by atoms with Crippen LogP contribution in [-0.4, -0.2) is 40.7 Å². The van der Waals surface area contributed by atoms with E-state index >= 15 is 0 Å². The lowest BCUT2D eigenvalue weighted by molar-refractivity contribution is -0.139. The number of carbonyl (C=O) groups is 2. The van der Waals surface area contributed by atoms with E-state index < -0.39 is 0 Å². The van der Waals surface area contributed by atoms with Crippen LogP contribution in [0.15, 0.2) is 41.8 Å². The van der Waals surface area contributed by atoms with E-state index in [0.29, 0.717) is 13.0 Å². The van der Waals surface area contributed by atoms with Crippen LogP contribution in [0.25, 0.3) is 0 Å². The Bertz CT molecular complexity index is 756. The Morgan fingerprint density at radius 2 is 1.96 bits per heavy atom.